The van der Waals surface area contributed by atoms with Crippen LogP contribution in [-0.4, -0.2) is 75.5 Å². The predicted molar refractivity (Wildman–Crippen MR) is 148 cm³/mol. The molecular weight excluding hydrogens is 496 g/mol. The van der Waals surface area contributed by atoms with Gasteiger partial charge in [-0.15, -0.1) is 0 Å². The van der Waals surface area contributed by atoms with Crippen molar-refractivity contribution < 1.29 is 28.5 Å². The SMILES string of the molecule is CC(C)(C)[Si](OC[C@H]1O[C@H]2C[C@H]3O[C@H]4CCCO[C@@H]4C[C@@H]3O[C@@H]2C[C@@H]1O)(c1ccccc1)c1ccccc1. The van der Waals surface area contributed by atoms with Crippen molar-refractivity contribution in [3.05, 3.63) is 60.7 Å². The van der Waals surface area contributed by atoms with Crippen LogP contribution in [0.5, 0.6) is 0 Å². The Kier molecular flexibility index (Phi) is 7.55. The van der Waals surface area contributed by atoms with Crippen LogP contribution in [0.2, 0.25) is 5.04 Å². The molecule has 0 radical (unpaired) electrons. The topological polar surface area (TPSA) is 66.4 Å². The van der Waals surface area contributed by atoms with Gasteiger partial charge in [-0.1, -0.05) is 81.4 Å². The molecule has 38 heavy (non-hydrogen) atoms. The molecule has 0 aromatic heterocycles. The Morgan fingerprint density at radius 3 is 1.95 bits per heavy atom. The van der Waals surface area contributed by atoms with Crippen LogP contribution in [0.1, 0.15) is 52.9 Å². The van der Waals surface area contributed by atoms with Crippen LogP contribution >= 0.6 is 0 Å². The lowest BCUT2D eigenvalue weighted by Gasteiger charge is -2.52. The van der Waals surface area contributed by atoms with Gasteiger partial charge in [-0.3, -0.25) is 0 Å². The Bertz CT molecular complexity index is 1020. The summed E-state index contributed by atoms with van der Waals surface area (Å²) in [5, 5.41) is 13.5. The standard InChI is InChI=1S/C31H42O6Si/c1-31(2,3)38(21-11-6-4-7-12-21,22-13-8-5-9-14-22)34-20-30-23(32)17-26-28(37-30)19-29-27(36-26)18-25-24(35-29)15-10-16-33-25/h4-9,11-14,23-30,32H,10,15-20H2,1-3H3/t23-,24-,25+,26+,27-,28-,29+,30+/m0/s1. The van der Waals surface area contributed by atoms with E-state index in [0.717, 1.165) is 32.3 Å². The first-order valence-corrected chi connectivity index (χ1v) is 16.3. The predicted octanol–water partition coefficient (Wildman–Crippen LogP) is 3.58. The van der Waals surface area contributed by atoms with E-state index in [2.05, 4.69) is 81.4 Å². The smallest absolute Gasteiger partial charge is 0.261 e. The summed E-state index contributed by atoms with van der Waals surface area (Å²) in [6.45, 7) is 7.95. The van der Waals surface area contributed by atoms with Crippen LogP contribution in [-0.2, 0) is 23.4 Å². The van der Waals surface area contributed by atoms with Crippen molar-refractivity contribution in [1.82, 2.24) is 0 Å². The van der Waals surface area contributed by atoms with Gasteiger partial charge in [-0.25, -0.2) is 0 Å². The molecule has 0 spiro atoms. The van der Waals surface area contributed by atoms with Crippen molar-refractivity contribution >= 4 is 18.7 Å². The number of hydrogen-bond acceptors (Lipinski definition) is 6. The number of hydrogen-bond donors (Lipinski definition) is 1. The molecule has 4 aliphatic rings. The fourth-order valence-electron chi connectivity index (χ4n) is 7.10. The quantitative estimate of drug-likeness (QED) is 0.587. The second-order valence-corrected chi connectivity index (χ2v) is 16.7. The molecule has 0 aliphatic carbocycles. The zero-order valence-electron chi connectivity index (χ0n) is 22.8. The molecule has 0 unspecified atom stereocenters. The average Bonchev–Trinajstić information content (AvgIpc) is 2.92. The molecule has 7 heteroatoms. The van der Waals surface area contributed by atoms with Gasteiger partial charge in [0, 0.05) is 25.9 Å². The molecule has 2 aromatic rings. The molecule has 6 nitrogen and oxygen atoms in total. The molecule has 4 fully saturated rings. The summed E-state index contributed by atoms with van der Waals surface area (Å²) in [5.41, 5.74) is 0. The zero-order valence-corrected chi connectivity index (χ0v) is 23.8. The van der Waals surface area contributed by atoms with Crippen LogP contribution in [0.3, 0.4) is 0 Å². The molecule has 6 rings (SSSR count). The van der Waals surface area contributed by atoms with Gasteiger partial charge >= 0.3 is 0 Å². The van der Waals surface area contributed by atoms with Crippen LogP contribution in [0.4, 0.5) is 0 Å². The largest absolute Gasteiger partial charge is 0.405 e. The Balaban J connectivity index is 1.21. The van der Waals surface area contributed by atoms with Gasteiger partial charge in [0.25, 0.3) is 8.32 Å². The molecular formula is C31H42O6Si. The second-order valence-electron chi connectivity index (χ2n) is 12.4. The van der Waals surface area contributed by atoms with Gasteiger partial charge in [0.1, 0.15) is 6.10 Å². The highest BCUT2D eigenvalue weighted by Gasteiger charge is 2.53. The Morgan fingerprint density at radius 1 is 0.763 bits per heavy atom. The summed E-state index contributed by atoms with van der Waals surface area (Å²) in [6, 6.07) is 21.2. The summed E-state index contributed by atoms with van der Waals surface area (Å²) in [6.07, 6.45) is 3.36. The first-order chi connectivity index (χ1) is 18.3. The summed E-state index contributed by atoms with van der Waals surface area (Å²) in [5.74, 6) is 0. The third kappa shape index (κ3) is 4.92. The van der Waals surface area contributed by atoms with Crippen LogP contribution < -0.4 is 10.4 Å². The number of rotatable bonds is 5. The maximum atomic E-state index is 11.2. The first-order valence-electron chi connectivity index (χ1n) is 14.4. The third-order valence-corrected chi connectivity index (χ3v) is 14.0. The van der Waals surface area contributed by atoms with Crippen molar-refractivity contribution in [1.29, 1.82) is 0 Å². The minimum atomic E-state index is -2.71. The number of aliphatic hydroxyl groups excluding tert-OH is 1. The van der Waals surface area contributed by atoms with Gasteiger partial charge in [-0.2, -0.15) is 0 Å². The molecule has 0 bridgehead atoms. The van der Waals surface area contributed by atoms with Gasteiger partial charge in [0.15, 0.2) is 0 Å². The molecule has 4 saturated heterocycles. The maximum Gasteiger partial charge on any atom is 0.261 e. The lowest BCUT2D eigenvalue weighted by molar-refractivity contribution is -0.290. The lowest BCUT2D eigenvalue weighted by atomic mass is 9.85. The summed E-state index contributed by atoms with van der Waals surface area (Å²) >= 11 is 0. The highest BCUT2D eigenvalue weighted by Crippen LogP contribution is 2.41. The monoisotopic (exact) mass is 538 g/mol. The Morgan fingerprint density at radius 2 is 1.32 bits per heavy atom. The van der Waals surface area contributed by atoms with E-state index in [0.29, 0.717) is 13.0 Å². The normalized spacial score (nSPS) is 35.6. The fourth-order valence-corrected chi connectivity index (χ4v) is 11.7. The van der Waals surface area contributed by atoms with Gasteiger partial charge in [0.2, 0.25) is 0 Å². The highest BCUT2D eigenvalue weighted by atomic mass is 28.4. The van der Waals surface area contributed by atoms with Gasteiger partial charge < -0.3 is 28.5 Å². The summed E-state index contributed by atoms with van der Waals surface area (Å²) in [7, 11) is -2.71. The molecule has 0 saturated carbocycles. The van der Waals surface area contributed by atoms with E-state index in [-0.39, 0.29) is 41.7 Å². The van der Waals surface area contributed by atoms with Gasteiger partial charge in [-0.05, 0) is 28.3 Å². The lowest BCUT2D eigenvalue weighted by Crippen LogP contribution is -2.68. The zero-order chi connectivity index (χ0) is 26.3. The van der Waals surface area contributed by atoms with Crippen LogP contribution in [0, 0.1) is 0 Å². The van der Waals surface area contributed by atoms with E-state index in [4.69, 9.17) is 23.4 Å². The summed E-state index contributed by atoms with van der Waals surface area (Å²) in [4.78, 5) is 0. The van der Waals surface area contributed by atoms with Gasteiger partial charge in [0.05, 0.1) is 49.3 Å². The van der Waals surface area contributed by atoms with Crippen molar-refractivity contribution in [2.75, 3.05) is 13.2 Å². The van der Waals surface area contributed by atoms with Crippen molar-refractivity contribution in [2.24, 2.45) is 0 Å². The molecule has 8 atom stereocenters. The van der Waals surface area contributed by atoms with Crippen LogP contribution in [0.15, 0.2) is 60.7 Å². The number of fused-ring (bicyclic) bond motifs is 3. The molecule has 206 valence electrons. The minimum absolute atomic E-state index is 0.0105. The molecule has 4 heterocycles. The minimum Gasteiger partial charge on any atom is -0.405 e. The number of benzene rings is 2. The van der Waals surface area contributed by atoms with E-state index < -0.39 is 20.5 Å². The molecule has 2 aromatic carbocycles. The van der Waals surface area contributed by atoms with E-state index in [9.17, 15) is 5.11 Å². The average molecular weight is 539 g/mol. The van der Waals surface area contributed by atoms with Crippen molar-refractivity contribution in [3.8, 4) is 0 Å². The van der Waals surface area contributed by atoms with E-state index in [1.807, 2.05) is 0 Å². The highest BCUT2D eigenvalue weighted by molar-refractivity contribution is 6.99. The van der Waals surface area contributed by atoms with E-state index >= 15 is 0 Å². The van der Waals surface area contributed by atoms with E-state index in [1.165, 1.54) is 10.4 Å². The Hall–Kier alpha value is -1.58. The molecule has 0 amide bonds. The molecule has 1 N–H and O–H groups in total. The maximum absolute atomic E-state index is 11.2. The summed E-state index contributed by atoms with van der Waals surface area (Å²) < 4.78 is 32.6. The van der Waals surface area contributed by atoms with E-state index in [1.54, 1.807) is 0 Å². The first kappa shape index (κ1) is 26.6. The third-order valence-electron chi connectivity index (χ3n) is 8.97. The van der Waals surface area contributed by atoms with Crippen molar-refractivity contribution in [2.45, 2.75) is 107 Å². The molecule has 4 aliphatic heterocycles. The second kappa shape index (κ2) is 10.8. The van der Waals surface area contributed by atoms with Crippen molar-refractivity contribution in [3.63, 3.8) is 0 Å². The fraction of sp³-hybridized carbons (Fsp3) is 0.613. The van der Waals surface area contributed by atoms with Crippen LogP contribution in [0.25, 0.3) is 0 Å². The number of ether oxygens (including phenoxy) is 4. The Labute approximate surface area is 227 Å². The number of aliphatic hydroxyl groups is 1.